The molecule has 1 aliphatic rings. The van der Waals surface area contributed by atoms with Gasteiger partial charge < -0.3 is 10.0 Å². The van der Waals surface area contributed by atoms with Crippen molar-refractivity contribution in [1.29, 1.82) is 0 Å². The molecule has 3 rings (SSSR count). The van der Waals surface area contributed by atoms with Crippen LogP contribution >= 0.6 is 0 Å². The average Bonchev–Trinajstić information content (AvgIpc) is 2.88. The highest BCUT2D eigenvalue weighted by molar-refractivity contribution is 5.92. The van der Waals surface area contributed by atoms with E-state index in [1.807, 2.05) is 0 Å². The number of hydrogen-bond donors (Lipinski definition) is 1. The Kier molecular flexibility index (Phi) is 3.64. The minimum Gasteiger partial charge on any atom is -0.478 e. The standard InChI is InChI=1S/C14H18N4O2/c19-14(20)11-4-5-12-13(10-11)18(16-15-12)9-8-17-6-2-1-3-7-17/h4-5,10H,1-3,6-9H2,(H,19,20). The van der Waals surface area contributed by atoms with Crippen molar-refractivity contribution in [2.24, 2.45) is 0 Å². The molecule has 0 bridgehead atoms. The van der Waals surface area contributed by atoms with E-state index >= 15 is 0 Å². The molecule has 20 heavy (non-hydrogen) atoms. The predicted molar refractivity (Wildman–Crippen MR) is 74.8 cm³/mol. The summed E-state index contributed by atoms with van der Waals surface area (Å²) in [5, 5.41) is 17.3. The molecule has 6 nitrogen and oxygen atoms in total. The summed E-state index contributed by atoms with van der Waals surface area (Å²) < 4.78 is 1.80. The quantitative estimate of drug-likeness (QED) is 0.917. The van der Waals surface area contributed by atoms with E-state index in [-0.39, 0.29) is 5.56 Å². The molecule has 1 aliphatic heterocycles. The summed E-state index contributed by atoms with van der Waals surface area (Å²) in [6.45, 7) is 3.98. The Morgan fingerprint density at radius 3 is 2.75 bits per heavy atom. The lowest BCUT2D eigenvalue weighted by atomic mass is 10.1. The van der Waals surface area contributed by atoms with Gasteiger partial charge in [0, 0.05) is 6.54 Å². The van der Waals surface area contributed by atoms with Crippen LogP contribution in [0.5, 0.6) is 0 Å². The molecule has 6 heteroatoms. The van der Waals surface area contributed by atoms with E-state index in [0.717, 1.165) is 37.2 Å². The summed E-state index contributed by atoms with van der Waals surface area (Å²) in [5.41, 5.74) is 1.81. The molecule has 0 aliphatic carbocycles. The third-order valence-electron chi connectivity index (χ3n) is 3.84. The highest BCUT2D eigenvalue weighted by Gasteiger charge is 2.12. The maximum absolute atomic E-state index is 11.0. The van der Waals surface area contributed by atoms with E-state index in [9.17, 15) is 4.79 Å². The minimum atomic E-state index is -0.921. The number of carboxylic acids is 1. The van der Waals surface area contributed by atoms with Crippen LogP contribution in [0.1, 0.15) is 29.6 Å². The Hall–Kier alpha value is -1.95. The van der Waals surface area contributed by atoms with Gasteiger partial charge in [0.2, 0.25) is 0 Å². The fourth-order valence-electron chi connectivity index (χ4n) is 2.68. The van der Waals surface area contributed by atoms with Crippen molar-refractivity contribution >= 4 is 17.0 Å². The van der Waals surface area contributed by atoms with Gasteiger partial charge in [0.05, 0.1) is 17.6 Å². The van der Waals surface area contributed by atoms with Crippen molar-refractivity contribution in [3.8, 4) is 0 Å². The first-order valence-corrected chi connectivity index (χ1v) is 7.03. The Morgan fingerprint density at radius 1 is 1.20 bits per heavy atom. The van der Waals surface area contributed by atoms with E-state index in [1.54, 1.807) is 22.9 Å². The van der Waals surface area contributed by atoms with Gasteiger partial charge in [-0.2, -0.15) is 0 Å². The first-order valence-electron chi connectivity index (χ1n) is 7.03. The molecular weight excluding hydrogens is 256 g/mol. The zero-order valence-electron chi connectivity index (χ0n) is 11.3. The fraction of sp³-hybridized carbons (Fsp3) is 0.500. The van der Waals surface area contributed by atoms with E-state index in [4.69, 9.17) is 5.11 Å². The van der Waals surface area contributed by atoms with Gasteiger partial charge in [0.15, 0.2) is 0 Å². The topological polar surface area (TPSA) is 71.2 Å². The van der Waals surface area contributed by atoms with E-state index in [0.29, 0.717) is 0 Å². The lowest BCUT2D eigenvalue weighted by molar-refractivity contribution is 0.0697. The molecule has 0 atom stereocenters. The molecule has 2 aromatic rings. The minimum absolute atomic E-state index is 0.277. The van der Waals surface area contributed by atoms with Crippen molar-refractivity contribution < 1.29 is 9.90 Å². The molecule has 1 N–H and O–H groups in total. The van der Waals surface area contributed by atoms with Crippen molar-refractivity contribution in [2.45, 2.75) is 25.8 Å². The molecule has 106 valence electrons. The summed E-state index contributed by atoms with van der Waals surface area (Å²) in [7, 11) is 0. The smallest absolute Gasteiger partial charge is 0.335 e. The van der Waals surface area contributed by atoms with Crippen molar-refractivity contribution in [1.82, 2.24) is 19.9 Å². The Morgan fingerprint density at radius 2 is 2.00 bits per heavy atom. The van der Waals surface area contributed by atoms with Crippen LogP contribution in [0.3, 0.4) is 0 Å². The molecule has 0 spiro atoms. The number of likely N-dealkylation sites (tertiary alicyclic amines) is 1. The van der Waals surface area contributed by atoms with Gasteiger partial charge in [0.25, 0.3) is 0 Å². The third-order valence-corrected chi connectivity index (χ3v) is 3.84. The maximum atomic E-state index is 11.0. The van der Waals surface area contributed by atoms with Gasteiger partial charge in [-0.1, -0.05) is 11.6 Å². The highest BCUT2D eigenvalue weighted by Crippen LogP contribution is 2.14. The van der Waals surface area contributed by atoms with Crippen molar-refractivity contribution in [3.63, 3.8) is 0 Å². The number of carboxylic acid groups (broad SMARTS) is 1. The normalized spacial score (nSPS) is 16.6. The van der Waals surface area contributed by atoms with Crippen LogP contribution in [0.15, 0.2) is 18.2 Å². The fourth-order valence-corrected chi connectivity index (χ4v) is 2.68. The Labute approximate surface area is 117 Å². The van der Waals surface area contributed by atoms with Gasteiger partial charge in [-0.15, -0.1) is 5.10 Å². The van der Waals surface area contributed by atoms with Gasteiger partial charge in [-0.3, -0.25) is 0 Å². The summed E-state index contributed by atoms with van der Waals surface area (Å²) in [4.78, 5) is 13.5. The van der Waals surface area contributed by atoms with Gasteiger partial charge in [-0.05, 0) is 44.1 Å². The molecule has 1 aromatic carbocycles. The van der Waals surface area contributed by atoms with Crippen molar-refractivity contribution in [2.75, 3.05) is 19.6 Å². The number of nitrogens with zero attached hydrogens (tertiary/aromatic N) is 4. The molecule has 0 amide bonds. The molecule has 1 saturated heterocycles. The average molecular weight is 274 g/mol. The third kappa shape index (κ3) is 2.65. The van der Waals surface area contributed by atoms with Gasteiger partial charge in [0.1, 0.15) is 5.52 Å². The van der Waals surface area contributed by atoms with Crippen LogP contribution in [0.25, 0.3) is 11.0 Å². The number of fused-ring (bicyclic) bond motifs is 1. The maximum Gasteiger partial charge on any atom is 0.335 e. The second-order valence-corrected chi connectivity index (χ2v) is 5.22. The molecule has 0 saturated carbocycles. The van der Waals surface area contributed by atoms with E-state index in [2.05, 4.69) is 15.2 Å². The van der Waals surface area contributed by atoms with Crippen LogP contribution in [-0.2, 0) is 6.54 Å². The number of carbonyl (C=O) groups is 1. The number of rotatable bonds is 4. The number of benzene rings is 1. The van der Waals surface area contributed by atoms with Gasteiger partial charge in [-0.25, -0.2) is 9.48 Å². The summed E-state index contributed by atoms with van der Waals surface area (Å²) in [5.74, 6) is -0.921. The molecule has 1 fully saturated rings. The first kappa shape index (κ1) is 13.1. The number of aromatic nitrogens is 3. The monoisotopic (exact) mass is 274 g/mol. The molecule has 0 unspecified atom stereocenters. The molecular formula is C14H18N4O2. The van der Waals surface area contributed by atoms with Gasteiger partial charge >= 0.3 is 5.97 Å². The Bertz CT molecular complexity index is 617. The van der Waals surface area contributed by atoms with Crippen molar-refractivity contribution in [3.05, 3.63) is 23.8 Å². The predicted octanol–water partition coefficient (Wildman–Crippen LogP) is 1.62. The van der Waals surface area contributed by atoms with Crippen LogP contribution in [-0.4, -0.2) is 50.6 Å². The zero-order chi connectivity index (χ0) is 13.9. The first-order chi connectivity index (χ1) is 9.74. The summed E-state index contributed by atoms with van der Waals surface area (Å²) >= 11 is 0. The largest absolute Gasteiger partial charge is 0.478 e. The van der Waals surface area contributed by atoms with Crippen LogP contribution in [0.4, 0.5) is 0 Å². The SMILES string of the molecule is O=C(O)c1ccc2nnn(CCN3CCCCC3)c2c1. The van der Waals surface area contributed by atoms with Crippen LogP contribution in [0, 0.1) is 0 Å². The summed E-state index contributed by atoms with van der Waals surface area (Å²) in [6.07, 6.45) is 3.85. The van der Waals surface area contributed by atoms with Crippen LogP contribution < -0.4 is 0 Å². The second-order valence-electron chi connectivity index (χ2n) is 5.22. The number of hydrogen-bond acceptors (Lipinski definition) is 4. The lowest BCUT2D eigenvalue weighted by Gasteiger charge is -2.26. The van der Waals surface area contributed by atoms with Crippen LogP contribution in [0.2, 0.25) is 0 Å². The Balaban J connectivity index is 1.76. The number of aromatic carboxylic acids is 1. The molecule has 0 radical (unpaired) electrons. The van der Waals surface area contributed by atoms with E-state index in [1.165, 1.54) is 19.3 Å². The molecule has 2 heterocycles. The zero-order valence-corrected chi connectivity index (χ0v) is 11.3. The van der Waals surface area contributed by atoms with E-state index < -0.39 is 5.97 Å². The highest BCUT2D eigenvalue weighted by atomic mass is 16.4. The second kappa shape index (κ2) is 5.58. The molecule has 1 aromatic heterocycles. The number of piperidine rings is 1. The lowest BCUT2D eigenvalue weighted by Crippen LogP contribution is -2.32. The summed E-state index contributed by atoms with van der Waals surface area (Å²) in [6, 6.07) is 4.92.